The van der Waals surface area contributed by atoms with Gasteiger partial charge in [0.25, 0.3) is 0 Å². The molecule has 0 unspecified atom stereocenters. The molecule has 0 saturated carbocycles. The van der Waals surface area contributed by atoms with Crippen LogP contribution >= 0.6 is 0 Å². The van der Waals surface area contributed by atoms with Crippen LogP contribution in [0.4, 0.5) is 0 Å². The predicted molar refractivity (Wildman–Crippen MR) is 74.1 cm³/mol. The Morgan fingerprint density at radius 3 is 2.37 bits per heavy atom. The number of aryl methyl sites for hydroxylation is 1. The van der Waals surface area contributed by atoms with E-state index in [4.69, 9.17) is 9.26 Å². The van der Waals surface area contributed by atoms with Gasteiger partial charge in [-0.2, -0.15) is 0 Å². The summed E-state index contributed by atoms with van der Waals surface area (Å²) in [6.45, 7) is 4.44. The Labute approximate surface area is 115 Å². The van der Waals surface area contributed by atoms with E-state index in [1.54, 1.807) is 6.92 Å². The zero-order valence-corrected chi connectivity index (χ0v) is 12.1. The molecule has 0 bridgehead atoms. The van der Waals surface area contributed by atoms with E-state index in [-0.39, 0.29) is 5.97 Å². The first-order valence-electron chi connectivity index (χ1n) is 7.33. The molecule has 4 nitrogen and oxygen atoms in total. The quantitative estimate of drug-likeness (QED) is 0.469. The summed E-state index contributed by atoms with van der Waals surface area (Å²) in [4.78, 5) is 11.6. The van der Waals surface area contributed by atoms with Crippen LogP contribution in [0, 0.1) is 6.92 Å². The minimum absolute atomic E-state index is 0.332. The van der Waals surface area contributed by atoms with Crippen LogP contribution in [0.25, 0.3) is 0 Å². The Morgan fingerprint density at radius 1 is 1.16 bits per heavy atom. The van der Waals surface area contributed by atoms with Gasteiger partial charge in [-0.1, -0.05) is 57.0 Å². The van der Waals surface area contributed by atoms with Gasteiger partial charge in [0.1, 0.15) is 11.8 Å². The molecule has 0 N–H and O–H groups in total. The summed E-state index contributed by atoms with van der Waals surface area (Å²) in [6.07, 6.45) is 11.2. The van der Waals surface area contributed by atoms with E-state index in [9.17, 15) is 4.79 Å². The van der Waals surface area contributed by atoms with Gasteiger partial charge in [0.05, 0.1) is 12.3 Å². The molecule has 1 rings (SSSR count). The zero-order valence-electron chi connectivity index (χ0n) is 12.1. The Bertz CT molecular complexity index is 360. The van der Waals surface area contributed by atoms with Crippen molar-refractivity contribution in [3.05, 3.63) is 17.5 Å². The maximum Gasteiger partial charge on any atom is 0.343 e. The number of hydrogen-bond donors (Lipinski definition) is 0. The summed E-state index contributed by atoms with van der Waals surface area (Å²) in [5.41, 5.74) is 1.01. The monoisotopic (exact) mass is 267 g/mol. The SMILES string of the molecule is CCCCCCCCCCOC(=O)c1conc1C. The number of esters is 1. The Balaban J connectivity index is 1.96. The van der Waals surface area contributed by atoms with E-state index in [1.165, 1.54) is 44.8 Å². The fourth-order valence-electron chi connectivity index (χ4n) is 1.97. The highest BCUT2D eigenvalue weighted by molar-refractivity contribution is 5.89. The highest BCUT2D eigenvalue weighted by atomic mass is 16.5. The average Bonchev–Trinajstić information content (AvgIpc) is 2.83. The molecule has 0 aliphatic carbocycles. The van der Waals surface area contributed by atoms with Gasteiger partial charge >= 0.3 is 5.97 Å². The number of hydrogen-bond acceptors (Lipinski definition) is 4. The minimum Gasteiger partial charge on any atom is -0.462 e. The molecule has 19 heavy (non-hydrogen) atoms. The highest BCUT2D eigenvalue weighted by Gasteiger charge is 2.13. The van der Waals surface area contributed by atoms with Gasteiger partial charge in [0.15, 0.2) is 0 Å². The number of carbonyl (C=O) groups is 1. The van der Waals surface area contributed by atoms with Crippen LogP contribution in [0.1, 0.15) is 74.3 Å². The van der Waals surface area contributed by atoms with Crippen LogP contribution in [-0.4, -0.2) is 17.7 Å². The molecular weight excluding hydrogens is 242 g/mol. The van der Waals surface area contributed by atoms with Crippen molar-refractivity contribution in [2.75, 3.05) is 6.61 Å². The normalized spacial score (nSPS) is 10.6. The lowest BCUT2D eigenvalue weighted by Gasteiger charge is -2.03. The highest BCUT2D eigenvalue weighted by Crippen LogP contribution is 2.10. The molecule has 0 spiro atoms. The van der Waals surface area contributed by atoms with Crippen LogP contribution in [-0.2, 0) is 4.74 Å². The molecule has 1 aromatic rings. The molecule has 1 heterocycles. The first-order chi connectivity index (χ1) is 9.25. The maximum atomic E-state index is 11.6. The van der Waals surface area contributed by atoms with Crippen molar-refractivity contribution < 1.29 is 14.1 Å². The van der Waals surface area contributed by atoms with E-state index < -0.39 is 0 Å². The van der Waals surface area contributed by atoms with Gasteiger partial charge in [-0.3, -0.25) is 0 Å². The summed E-state index contributed by atoms with van der Waals surface area (Å²) in [7, 11) is 0. The van der Waals surface area contributed by atoms with Gasteiger partial charge in [-0.05, 0) is 13.3 Å². The van der Waals surface area contributed by atoms with E-state index in [1.807, 2.05) is 0 Å². The van der Waals surface area contributed by atoms with Gasteiger partial charge in [-0.25, -0.2) is 4.79 Å². The summed E-state index contributed by atoms with van der Waals surface area (Å²) < 4.78 is 9.88. The second-order valence-electron chi connectivity index (χ2n) is 4.92. The van der Waals surface area contributed by atoms with Gasteiger partial charge < -0.3 is 9.26 Å². The molecule has 0 fully saturated rings. The average molecular weight is 267 g/mol. The number of aromatic nitrogens is 1. The minimum atomic E-state index is -0.332. The van der Waals surface area contributed by atoms with E-state index in [2.05, 4.69) is 12.1 Å². The molecule has 108 valence electrons. The third-order valence-corrected chi connectivity index (χ3v) is 3.20. The third-order valence-electron chi connectivity index (χ3n) is 3.20. The van der Waals surface area contributed by atoms with Gasteiger partial charge in [-0.15, -0.1) is 0 Å². The van der Waals surface area contributed by atoms with Crippen molar-refractivity contribution in [1.82, 2.24) is 5.16 Å². The largest absolute Gasteiger partial charge is 0.462 e. The van der Waals surface area contributed by atoms with Crippen LogP contribution in [0.2, 0.25) is 0 Å². The second-order valence-corrected chi connectivity index (χ2v) is 4.92. The Hall–Kier alpha value is -1.32. The topological polar surface area (TPSA) is 52.3 Å². The van der Waals surface area contributed by atoms with Crippen molar-refractivity contribution in [1.29, 1.82) is 0 Å². The van der Waals surface area contributed by atoms with E-state index in [0.29, 0.717) is 17.9 Å². The zero-order chi connectivity index (χ0) is 13.9. The van der Waals surface area contributed by atoms with Gasteiger partial charge in [0.2, 0.25) is 0 Å². The molecule has 1 aromatic heterocycles. The number of rotatable bonds is 10. The first-order valence-corrected chi connectivity index (χ1v) is 7.33. The molecular formula is C15H25NO3. The molecule has 0 saturated heterocycles. The van der Waals surface area contributed by atoms with Crippen molar-refractivity contribution in [3.8, 4) is 0 Å². The molecule has 0 aliphatic heterocycles. The van der Waals surface area contributed by atoms with Crippen LogP contribution in [0.5, 0.6) is 0 Å². The second kappa shape index (κ2) is 9.59. The van der Waals surface area contributed by atoms with E-state index in [0.717, 1.165) is 12.8 Å². The Morgan fingerprint density at radius 2 is 1.79 bits per heavy atom. The van der Waals surface area contributed by atoms with E-state index >= 15 is 0 Å². The number of unbranched alkanes of at least 4 members (excludes halogenated alkanes) is 7. The predicted octanol–water partition coefficient (Wildman–Crippen LogP) is 4.28. The van der Waals surface area contributed by atoms with Crippen LogP contribution < -0.4 is 0 Å². The summed E-state index contributed by atoms with van der Waals surface area (Å²) in [5.74, 6) is -0.332. The molecule has 0 aromatic carbocycles. The first kappa shape index (κ1) is 15.7. The molecule has 4 heteroatoms. The maximum absolute atomic E-state index is 11.6. The molecule has 0 atom stereocenters. The van der Waals surface area contributed by atoms with Crippen LogP contribution in [0.15, 0.2) is 10.8 Å². The molecule has 0 radical (unpaired) electrons. The van der Waals surface area contributed by atoms with Crippen molar-refractivity contribution >= 4 is 5.97 Å². The standard InChI is InChI=1S/C15H25NO3/c1-3-4-5-6-7-8-9-10-11-18-15(17)14-12-19-16-13(14)2/h12H,3-11H2,1-2H3. The molecule has 0 amide bonds. The summed E-state index contributed by atoms with van der Waals surface area (Å²) >= 11 is 0. The number of carbonyl (C=O) groups excluding carboxylic acids is 1. The van der Waals surface area contributed by atoms with Gasteiger partial charge in [0, 0.05) is 0 Å². The summed E-state index contributed by atoms with van der Waals surface area (Å²) in [6, 6.07) is 0. The number of nitrogens with zero attached hydrogens (tertiary/aromatic N) is 1. The number of ether oxygens (including phenoxy) is 1. The summed E-state index contributed by atoms with van der Waals surface area (Å²) in [5, 5.41) is 3.66. The lowest BCUT2D eigenvalue weighted by Crippen LogP contribution is -2.06. The third kappa shape index (κ3) is 6.41. The fourth-order valence-corrected chi connectivity index (χ4v) is 1.97. The lowest BCUT2D eigenvalue weighted by molar-refractivity contribution is 0.0496. The fraction of sp³-hybridized carbons (Fsp3) is 0.733. The smallest absolute Gasteiger partial charge is 0.343 e. The Kier molecular flexibility index (Phi) is 7.94. The van der Waals surface area contributed by atoms with Crippen molar-refractivity contribution in [2.24, 2.45) is 0 Å². The molecule has 0 aliphatic rings. The lowest BCUT2D eigenvalue weighted by atomic mass is 10.1. The van der Waals surface area contributed by atoms with Crippen molar-refractivity contribution in [3.63, 3.8) is 0 Å². The van der Waals surface area contributed by atoms with Crippen LogP contribution in [0.3, 0.4) is 0 Å². The van der Waals surface area contributed by atoms with Crippen molar-refractivity contribution in [2.45, 2.75) is 65.2 Å².